The number of rotatable bonds is 2. The van der Waals surface area contributed by atoms with Gasteiger partial charge in [-0.1, -0.05) is 15.9 Å². The van der Waals surface area contributed by atoms with Gasteiger partial charge in [-0.2, -0.15) is 0 Å². The first-order chi connectivity index (χ1) is 7.70. The van der Waals surface area contributed by atoms with E-state index in [-0.39, 0.29) is 0 Å². The summed E-state index contributed by atoms with van der Waals surface area (Å²) in [7, 11) is 1.73. The smallest absolute Gasteiger partial charge is 0.163 e. The Labute approximate surface area is 103 Å². The van der Waals surface area contributed by atoms with Crippen molar-refractivity contribution in [1.29, 1.82) is 0 Å². The molecule has 4 nitrogen and oxygen atoms in total. The van der Waals surface area contributed by atoms with Crippen LogP contribution in [0.25, 0.3) is 0 Å². The molecule has 1 aliphatic rings. The fourth-order valence-electron chi connectivity index (χ4n) is 1.77. The van der Waals surface area contributed by atoms with Crippen molar-refractivity contribution in [3.8, 4) is 5.75 Å². The maximum atomic E-state index is 9.75. The van der Waals surface area contributed by atoms with Crippen molar-refractivity contribution in [3.63, 3.8) is 0 Å². The summed E-state index contributed by atoms with van der Waals surface area (Å²) in [6.07, 6.45) is -0.631. The van der Waals surface area contributed by atoms with Crippen LogP contribution in [0.1, 0.15) is 5.56 Å². The van der Waals surface area contributed by atoms with E-state index >= 15 is 0 Å². The molecule has 1 aliphatic heterocycles. The van der Waals surface area contributed by atoms with Crippen molar-refractivity contribution < 1.29 is 9.84 Å². The van der Waals surface area contributed by atoms with Gasteiger partial charge in [-0.05, 0) is 25.2 Å². The third kappa shape index (κ3) is 2.55. The Morgan fingerprint density at radius 3 is 3.12 bits per heavy atom. The number of hydrogen-bond donors (Lipinski definition) is 2. The lowest BCUT2D eigenvalue weighted by Gasteiger charge is -2.24. The number of nitrogens with one attached hydrogen (secondary N) is 1. The Bertz CT molecular complexity index is 373. The largest absolute Gasteiger partial charge is 0.492 e. The van der Waals surface area contributed by atoms with Crippen molar-refractivity contribution in [2.75, 3.05) is 20.2 Å². The molecule has 0 aliphatic carbocycles. The first-order valence-corrected chi connectivity index (χ1v) is 6.00. The molecule has 88 valence electrons. The lowest BCUT2D eigenvalue weighted by molar-refractivity contribution is -0.0239. The van der Waals surface area contributed by atoms with Gasteiger partial charge >= 0.3 is 0 Å². The number of fused-ring (bicyclic) bond motifs is 1. The van der Waals surface area contributed by atoms with Crippen LogP contribution in [-0.2, 0) is 6.54 Å². The fourth-order valence-corrected chi connectivity index (χ4v) is 2.18. The number of aliphatic hydroxyl groups is 1. The second-order valence-electron chi connectivity index (χ2n) is 3.73. The van der Waals surface area contributed by atoms with Crippen molar-refractivity contribution in [2.45, 2.75) is 12.9 Å². The minimum absolute atomic E-state index is 0.591. The van der Waals surface area contributed by atoms with E-state index in [0.29, 0.717) is 19.7 Å². The van der Waals surface area contributed by atoms with Crippen LogP contribution in [0.15, 0.2) is 22.7 Å². The Morgan fingerprint density at radius 1 is 1.56 bits per heavy atom. The van der Waals surface area contributed by atoms with Gasteiger partial charge < -0.3 is 9.84 Å². The number of hydrogen-bond acceptors (Lipinski definition) is 4. The average molecular weight is 287 g/mol. The Kier molecular flexibility index (Phi) is 3.81. The monoisotopic (exact) mass is 286 g/mol. The number of benzene rings is 1. The maximum absolute atomic E-state index is 9.75. The highest BCUT2D eigenvalue weighted by atomic mass is 79.9. The van der Waals surface area contributed by atoms with Crippen molar-refractivity contribution in [1.82, 2.24) is 10.2 Å². The molecular formula is C11H15BrN2O2. The third-order valence-corrected chi connectivity index (χ3v) is 3.13. The summed E-state index contributed by atoms with van der Waals surface area (Å²) in [5.74, 6) is 0.897. The molecule has 5 heteroatoms. The van der Waals surface area contributed by atoms with Gasteiger partial charge in [0.2, 0.25) is 0 Å². The van der Waals surface area contributed by atoms with Gasteiger partial charge in [0, 0.05) is 23.1 Å². The SMILES string of the molecule is CNC(O)N1CCOc2ccc(Br)cc2C1. The summed E-state index contributed by atoms with van der Waals surface area (Å²) in [5.41, 5.74) is 1.08. The Balaban J connectivity index is 2.22. The van der Waals surface area contributed by atoms with Crippen molar-refractivity contribution in [2.24, 2.45) is 0 Å². The standard InChI is InChI=1S/C11H15BrN2O2/c1-13-11(15)14-4-5-16-10-3-2-9(12)6-8(10)7-14/h2-3,6,11,13,15H,4-5,7H2,1H3. The summed E-state index contributed by atoms with van der Waals surface area (Å²) in [5, 5.41) is 12.6. The van der Waals surface area contributed by atoms with Crippen LogP contribution in [0, 0.1) is 0 Å². The van der Waals surface area contributed by atoms with E-state index in [4.69, 9.17) is 4.74 Å². The Hall–Kier alpha value is -0.620. The molecule has 0 amide bonds. The number of aliphatic hydroxyl groups excluding tert-OH is 1. The van der Waals surface area contributed by atoms with Crippen LogP contribution < -0.4 is 10.1 Å². The molecule has 0 bridgehead atoms. The van der Waals surface area contributed by atoms with Gasteiger partial charge in [-0.25, -0.2) is 0 Å². The highest BCUT2D eigenvalue weighted by molar-refractivity contribution is 9.10. The Morgan fingerprint density at radius 2 is 2.38 bits per heavy atom. The minimum Gasteiger partial charge on any atom is -0.492 e. The lowest BCUT2D eigenvalue weighted by Crippen LogP contribution is -2.44. The summed E-state index contributed by atoms with van der Waals surface area (Å²) in [4.78, 5) is 1.93. The van der Waals surface area contributed by atoms with Gasteiger partial charge in [-0.15, -0.1) is 0 Å². The topological polar surface area (TPSA) is 44.7 Å². The number of halogens is 1. The zero-order valence-corrected chi connectivity index (χ0v) is 10.7. The van der Waals surface area contributed by atoms with E-state index in [1.54, 1.807) is 7.05 Å². The molecule has 0 saturated heterocycles. The second-order valence-corrected chi connectivity index (χ2v) is 4.65. The zero-order valence-electron chi connectivity index (χ0n) is 9.11. The first-order valence-electron chi connectivity index (χ1n) is 5.21. The molecule has 2 N–H and O–H groups in total. The lowest BCUT2D eigenvalue weighted by atomic mass is 10.2. The van der Waals surface area contributed by atoms with Crippen molar-refractivity contribution in [3.05, 3.63) is 28.2 Å². The average Bonchev–Trinajstić information content (AvgIpc) is 2.49. The molecule has 0 aromatic heterocycles. The van der Waals surface area contributed by atoms with Crippen LogP contribution in [0.3, 0.4) is 0 Å². The second kappa shape index (κ2) is 5.14. The fraction of sp³-hybridized carbons (Fsp3) is 0.455. The van der Waals surface area contributed by atoms with Gasteiger partial charge in [0.15, 0.2) is 6.35 Å². The van der Waals surface area contributed by atoms with E-state index in [0.717, 1.165) is 15.8 Å². The van der Waals surface area contributed by atoms with E-state index in [1.807, 2.05) is 23.1 Å². The number of nitrogens with zero attached hydrogens (tertiary/aromatic N) is 1. The molecule has 1 aromatic rings. The molecule has 0 fully saturated rings. The predicted molar refractivity (Wildman–Crippen MR) is 65.1 cm³/mol. The van der Waals surface area contributed by atoms with Gasteiger partial charge in [0.25, 0.3) is 0 Å². The normalized spacial score (nSPS) is 18.4. The molecule has 16 heavy (non-hydrogen) atoms. The minimum atomic E-state index is -0.631. The van der Waals surface area contributed by atoms with E-state index in [2.05, 4.69) is 21.2 Å². The van der Waals surface area contributed by atoms with Gasteiger partial charge in [-0.3, -0.25) is 10.2 Å². The molecule has 1 atom stereocenters. The maximum Gasteiger partial charge on any atom is 0.163 e. The van der Waals surface area contributed by atoms with Gasteiger partial charge in [0.05, 0.1) is 0 Å². The molecule has 1 heterocycles. The summed E-state index contributed by atoms with van der Waals surface area (Å²) in [6, 6.07) is 5.94. The first kappa shape index (κ1) is 11.9. The predicted octanol–water partition coefficient (Wildman–Crippen LogP) is 1.14. The van der Waals surface area contributed by atoms with E-state index < -0.39 is 6.35 Å². The van der Waals surface area contributed by atoms with Crippen molar-refractivity contribution >= 4 is 15.9 Å². The molecule has 1 unspecified atom stereocenters. The molecule has 0 spiro atoms. The van der Waals surface area contributed by atoms with Crippen LogP contribution in [0.2, 0.25) is 0 Å². The van der Waals surface area contributed by atoms with Crippen LogP contribution in [0.4, 0.5) is 0 Å². The molecule has 2 rings (SSSR count). The summed E-state index contributed by atoms with van der Waals surface area (Å²) < 4.78 is 6.65. The highest BCUT2D eigenvalue weighted by Gasteiger charge is 2.19. The molecule has 0 radical (unpaired) electrons. The summed E-state index contributed by atoms with van der Waals surface area (Å²) >= 11 is 3.44. The van der Waals surface area contributed by atoms with Crippen LogP contribution >= 0.6 is 15.9 Å². The third-order valence-electron chi connectivity index (χ3n) is 2.64. The number of ether oxygens (including phenoxy) is 1. The molecule has 0 saturated carbocycles. The van der Waals surface area contributed by atoms with Crippen LogP contribution in [-0.4, -0.2) is 36.6 Å². The molecule has 1 aromatic carbocycles. The van der Waals surface area contributed by atoms with E-state index in [9.17, 15) is 5.11 Å². The van der Waals surface area contributed by atoms with Gasteiger partial charge in [0.1, 0.15) is 12.4 Å². The van der Waals surface area contributed by atoms with E-state index in [1.165, 1.54) is 0 Å². The highest BCUT2D eigenvalue weighted by Crippen LogP contribution is 2.26. The molecular weight excluding hydrogens is 272 g/mol. The summed E-state index contributed by atoms with van der Waals surface area (Å²) in [6.45, 7) is 1.97. The van der Waals surface area contributed by atoms with Crippen LogP contribution in [0.5, 0.6) is 5.75 Å². The quantitative estimate of drug-likeness (QED) is 0.801. The zero-order chi connectivity index (χ0) is 11.5.